The first-order valence-electron chi connectivity index (χ1n) is 22.9. The average molecular weight is 882 g/mol. The number of nitrogens with one attached hydrogen (secondary N) is 5. The number of H-pyrrole nitrogens is 1. The van der Waals surface area contributed by atoms with Gasteiger partial charge in [-0.15, -0.1) is 5.10 Å². The van der Waals surface area contributed by atoms with Crippen LogP contribution in [0.4, 0.5) is 10.5 Å². The molecule has 0 unspecified atom stereocenters. The Labute approximate surface area is 382 Å². The third-order valence-corrected chi connectivity index (χ3v) is 12.7. The van der Waals surface area contributed by atoms with E-state index in [9.17, 15) is 19.2 Å². The summed E-state index contributed by atoms with van der Waals surface area (Å²) in [6.07, 6.45) is 6.72. The molecule has 7 rings (SSSR count). The van der Waals surface area contributed by atoms with Crippen molar-refractivity contribution >= 4 is 29.5 Å². The lowest BCUT2D eigenvalue weighted by atomic mass is 9.81. The van der Waals surface area contributed by atoms with Crippen LogP contribution in [0.15, 0.2) is 97.1 Å². The number of aromatic amines is 1. The molecule has 65 heavy (non-hydrogen) atoms. The fourth-order valence-electron chi connectivity index (χ4n) is 9.01. The maximum absolute atomic E-state index is 13.9. The lowest BCUT2D eigenvalue weighted by Gasteiger charge is -2.35. The highest BCUT2D eigenvalue weighted by molar-refractivity contribution is 5.98. The summed E-state index contributed by atoms with van der Waals surface area (Å²) in [6.45, 7) is 8.92. The van der Waals surface area contributed by atoms with E-state index in [2.05, 4.69) is 78.1 Å². The number of rotatable bonds is 15. The summed E-state index contributed by atoms with van der Waals surface area (Å²) in [5, 5.41) is 26.2. The Morgan fingerprint density at radius 2 is 1.51 bits per heavy atom. The van der Waals surface area contributed by atoms with E-state index in [-0.39, 0.29) is 42.0 Å². The van der Waals surface area contributed by atoms with Crippen LogP contribution in [0, 0.1) is 18.8 Å². The molecule has 5 aromatic rings. The Kier molecular flexibility index (Phi) is 15.4. The first kappa shape index (κ1) is 46.6. The van der Waals surface area contributed by atoms with Gasteiger partial charge in [0.1, 0.15) is 11.6 Å². The molecule has 0 spiro atoms. The van der Waals surface area contributed by atoms with Gasteiger partial charge in [0.2, 0.25) is 11.8 Å². The van der Waals surface area contributed by atoms with Gasteiger partial charge >= 0.3 is 6.09 Å². The number of carbonyl (C=O) groups is 4. The minimum absolute atomic E-state index is 0.0474. The van der Waals surface area contributed by atoms with E-state index in [0.717, 1.165) is 72.9 Å². The SMILES string of the molecule is Cc1cc(C(=O)NC2CCC(N(C)Cc3ccccc3)CC2)ccc1-c1ccc(C[C@H](NC(=O)[C@H]2CC[C@H](CNC(=O)OC(C)(C)C)CC2)C(=O)Nc2ccc(-c3nnn[nH]3)cc2)cc1. The number of anilines is 1. The normalized spacial score (nSPS) is 19.2. The second kappa shape index (κ2) is 21.5. The Balaban J connectivity index is 0.952. The standard InChI is InChI=1S/C51H63N9O5/c1-33-29-40(48(62)53-42-24-26-43(27-25-42)60(5)32-36-9-7-6-8-10-36)21-28-44(33)37-15-11-34(12-16-37)30-45(49(63)54-41-22-19-38(20-23-41)46-56-58-59-57-46)55-47(61)39-17-13-35(14-18-39)31-52-50(64)65-51(2,3)4/h6-12,15-16,19-23,28-29,35,39,42-43,45H,13-14,17-18,24-27,30-32H2,1-5H3,(H,52,64)(H,53,62)(H,54,63)(H,55,61)(H,56,57,58,59)/t35-,39-,42?,43?,45-/m0/s1. The summed E-state index contributed by atoms with van der Waals surface area (Å²) in [7, 11) is 2.19. The molecule has 4 aromatic carbocycles. The number of aryl methyl sites for hydroxylation is 1. The average Bonchev–Trinajstić information content (AvgIpc) is 3.84. The van der Waals surface area contributed by atoms with Gasteiger partial charge < -0.3 is 26.0 Å². The van der Waals surface area contributed by atoms with Gasteiger partial charge in [-0.05, 0) is 167 Å². The minimum atomic E-state index is -0.845. The Bertz CT molecular complexity index is 2350. The second-order valence-electron chi connectivity index (χ2n) is 18.8. The van der Waals surface area contributed by atoms with Crippen LogP contribution in [0.2, 0.25) is 0 Å². The first-order valence-corrected chi connectivity index (χ1v) is 22.9. The van der Waals surface area contributed by atoms with Gasteiger partial charge in [0, 0.05) is 54.3 Å². The molecule has 0 radical (unpaired) electrons. The number of tetrazole rings is 1. The van der Waals surface area contributed by atoms with E-state index in [4.69, 9.17) is 4.74 Å². The predicted molar refractivity (Wildman–Crippen MR) is 252 cm³/mol. The number of carbonyl (C=O) groups excluding carboxylic acids is 4. The van der Waals surface area contributed by atoms with Crippen molar-refractivity contribution in [2.24, 2.45) is 11.8 Å². The van der Waals surface area contributed by atoms with Crippen molar-refractivity contribution in [1.82, 2.24) is 41.5 Å². The molecular formula is C51H63N9O5. The molecule has 1 heterocycles. The molecule has 1 aromatic heterocycles. The van der Waals surface area contributed by atoms with Crippen molar-refractivity contribution in [2.45, 2.75) is 116 Å². The van der Waals surface area contributed by atoms with Crippen LogP contribution in [-0.4, -0.2) is 86.7 Å². The van der Waals surface area contributed by atoms with Crippen LogP contribution >= 0.6 is 0 Å². The van der Waals surface area contributed by atoms with Crippen LogP contribution in [0.25, 0.3) is 22.5 Å². The number of benzene rings is 4. The Hall–Kier alpha value is -6.41. The molecule has 14 heteroatoms. The van der Waals surface area contributed by atoms with Crippen molar-refractivity contribution in [1.29, 1.82) is 0 Å². The van der Waals surface area contributed by atoms with Gasteiger partial charge in [0.05, 0.1) is 0 Å². The van der Waals surface area contributed by atoms with Crippen LogP contribution in [0.3, 0.4) is 0 Å². The predicted octanol–water partition coefficient (Wildman–Crippen LogP) is 8.01. The smallest absolute Gasteiger partial charge is 0.407 e. The van der Waals surface area contributed by atoms with Crippen LogP contribution in [0.5, 0.6) is 0 Å². The summed E-state index contributed by atoms with van der Waals surface area (Å²) in [5.41, 5.74) is 6.59. The molecule has 2 saturated carbocycles. The molecular weight excluding hydrogens is 819 g/mol. The van der Waals surface area contributed by atoms with E-state index in [1.54, 1.807) is 24.3 Å². The van der Waals surface area contributed by atoms with Gasteiger partial charge in [-0.3, -0.25) is 19.3 Å². The summed E-state index contributed by atoms with van der Waals surface area (Å²) < 4.78 is 5.38. The van der Waals surface area contributed by atoms with Crippen molar-refractivity contribution in [2.75, 3.05) is 18.9 Å². The van der Waals surface area contributed by atoms with Crippen LogP contribution in [0.1, 0.15) is 99.2 Å². The quantitative estimate of drug-likeness (QED) is 0.0696. The van der Waals surface area contributed by atoms with Crippen LogP contribution < -0.4 is 21.3 Å². The van der Waals surface area contributed by atoms with Crippen molar-refractivity contribution in [3.8, 4) is 22.5 Å². The zero-order valence-electron chi connectivity index (χ0n) is 38.2. The van der Waals surface area contributed by atoms with E-state index in [0.29, 0.717) is 42.5 Å². The third kappa shape index (κ3) is 13.3. The monoisotopic (exact) mass is 881 g/mol. The summed E-state index contributed by atoms with van der Waals surface area (Å²) in [5.74, 6) is -0.0398. The molecule has 0 bridgehead atoms. The molecule has 0 aliphatic heterocycles. The van der Waals surface area contributed by atoms with E-state index >= 15 is 0 Å². The highest BCUT2D eigenvalue weighted by atomic mass is 16.6. The number of hydrogen-bond donors (Lipinski definition) is 5. The minimum Gasteiger partial charge on any atom is -0.444 e. The molecule has 2 aliphatic carbocycles. The maximum atomic E-state index is 13.9. The zero-order chi connectivity index (χ0) is 45.9. The summed E-state index contributed by atoms with van der Waals surface area (Å²) in [6, 6.07) is 31.4. The van der Waals surface area contributed by atoms with E-state index in [1.807, 2.05) is 76.2 Å². The first-order chi connectivity index (χ1) is 31.3. The maximum Gasteiger partial charge on any atom is 0.407 e. The van der Waals surface area contributed by atoms with Gasteiger partial charge in [-0.1, -0.05) is 60.7 Å². The highest BCUT2D eigenvalue weighted by Crippen LogP contribution is 2.30. The number of nitrogens with zero attached hydrogens (tertiary/aromatic N) is 4. The van der Waals surface area contributed by atoms with Gasteiger partial charge in [0.25, 0.3) is 5.91 Å². The number of hydrogen-bond acceptors (Lipinski definition) is 9. The largest absolute Gasteiger partial charge is 0.444 e. The van der Waals surface area contributed by atoms with E-state index < -0.39 is 17.7 Å². The summed E-state index contributed by atoms with van der Waals surface area (Å²) in [4.78, 5) is 55.8. The van der Waals surface area contributed by atoms with Gasteiger partial charge in [0.15, 0.2) is 5.82 Å². The fraction of sp³-hybridized carbons (Fsp3) is 0.431. The number of amides is 4. The van der Waals surface area contributed by atoms with Gasteiger partial charge in [-0.25, -0.2) is 9.89 Å². The molecule has 342 valence electrons. The highest BCUT2D eigenvalue weighted by Gasteiger charge is 2.31. The summed E-state index contributed by atoms with van der Waals surface area (Å²) >= 11 is 0. The molecule has 14 nitrogen and oxygen atoms in total. The van der Waals surface area contributed by atoms with Crippen LogP contribution in [-0.2, 0) is 27.3 Å². The van der Waals surface area contributed by atoms with Crippen molar-refractivity contribution in [3.05, 3.63) is 119 Å². The molecule has 4 amide bonds. The Morgan fingerprint density at radius 1 is 0.815 bits per heavy atom. The lowest BCUT2D eigenvalue weighted by Crippen LogP contribution is -2.48. The fourth-order valence-corrected chi connectivity index (χ4v) is 9.01. The number of alkyl carbamates (subject to hydrolysis) is 1. The molecule has 0 saturated heterocycles. The third-order valence-electron chi connectivity index (χ3n) is 12.7. The molecule has 2 fully saturated rings. The topological polar surface area (TPSA) is 183 Å². The van der Waals surface area contributed by atoms with Crippen molar-refractivity contribution < 1.29 is 23.9 Å². The van der Waals surface area contributed by atoms with Crippen molar-refractivity contribution in [3.63, 3.8) is 0 Å². The molecule has 2 aliphatic rings. The van der Waals surface area contributed by atoms with Gasteiger partial charge in [-0.2, -0.15) is 0 Å². The Morgan fingerprint density at radius 3 is 2.15 bits per heavy atom. The number of aromatic nitrogens is 4. The molecule has 1 atom stereocenters. The number of ether oxygens (including phenoxy) is 1. The second-order valence-corrected chi connectivity index (χ2v) is 18.8. The zero-order valence-corrected chi connectivity index (χ0v) is 38.2. The lowest BCUT2D eigenvalue weighted by molar-refractivity contribution is -0.130. The molecule has 5 N–H and O–H groups in total. The van der Waals surface area contributed by atoms with E-state index in [1.165, 1.54) is 5.56 Å².